The first-order valence-electron chi connectivity index (χ1n) is 9.58. The molecule has 1 heterocycles. The predicted molar refractivity (Wildman–Crippen MR) is 111 cm³/mol. The monoisotopic (exact) mass is 426 g/mol. The zero-order chi connectivity index (χ0) is 21.3. The van der Waals surface area contributed by atoms with Crippen molar-refractivity contribution in [2.24, 2.45) is 5.73 Å². The molecule has 0 spiro atoms. The number of benzene rings is 2. The molecule has 6 nitrogen and oxygen atoms in total. The highest BCUT2D eigenvalue weighted by Gasteiger charge is 2.40. The molecule has 2 amide bonds. The Morgan fingerprint density at radius 2 is 2.03 bits per heavy atom. The fourth-order valence-electron chi connectivity index (χ4n) is 4.23. The summed E-state index contributed by atoms with van der Waals surface area (Å²) in [4.78, 5) is 25.2. The Morgan fingerprint density at radius 1 is 1.23 bits per heavy atom. The Labute approximate surface area is 177 Å². The van der Waals surface area contributed by atoms with Gasteiger partial charge in [-0.05, 0) is 48.6 Å². The maximum atomic E-state index is 14.3. The number of nitrogens with two attached hydrogens (primary N) is 1. The van der Waals surface area contributed by atoms with Crippen molar-refractivity contribution in [3.05, 3.63) is 76.2 Å². The van der Waals surface area contributed by atoms with Crippen LogP contribution in [0.5, 0.6) is 0 Å². The fraction of sp³-hybridized carbons (Fsp3) is 0.227. The lowest BCUT2D eigenvalue weighted by Crippen LogP contribution is -2.50. The summed E-state index contributed by atoms with van der Waals surface area (Å²) >= 11 is 6.38. The van der Waals surface area contributed by atoms with E-state index < -0.39 is 23.2 Å². The number of hydrogen-bond acceptors (Lipinski definition) is 3. The van der Waals surface area contributed by atoms with Crippen LogP contribution in [0.25, 0.3) is 11.3 Å². The lowest BCUT2D eigenvalue weighted by molar-refractivity contribution is -0.119. The van der Waals surface area contributed by atoms with Crippen molar-refractivity contribution >= 4 is 23.4 Å². The molecule has 0 aliphatic heterocycles. The Kier molecular flexibility index (Phi) is 5.30. The van der Waals surface area contributed by atoms with Crippen molar-refractivity contribution < 1.29 is 14.0 Å². The van der Waals surface area contributed by atoms with Crippen LogP contribution in [0.4, 0.5) is 4.39 Å². The van der Waals surface area contributed by atoms with Crippen molar-refractivity contribution in [3.8, 4) is 11.3 Å². The number of H-pyrrole nitrogens is 1. The number of aromatic nitrogens is 2. The van der Waals surface area contributed by atoms with Crippen LogP contribution >= 0.6 is 11.6 Å². The summed E-state index contributed by atoms with van der Waals surface area (Å²) in [7, 11) is 0. The molecule has 0 saturated carbocycles. The van der Waals surface area contributed by atoms with Crippen LogP contribution in [-0.2, 0) is 16.8 Å². The van der Waals surface area contributed by atoms with E-state index in [1.807, 2.05) is 6.07 Å². The maximum Gasteiger partial charge on any atom is 0.255 e. The van der Waals surface area contributed by atoms with Crippen LogP contribution in [0.1, 0.15) is 40.7 Å². The quantitative estimate of drug-likeness (QED) is 0.579. The van der Waals surface area contributed by atoms with Gasteiger partial charge in [-0.25, -0.2) is 4.39 Å². The zero-order valence-corrected chi connectivity index (χ0v) is 16.8. The summed E-state index contributed by atoms with van der Waals surface area (Å²) in [5, 5.41) is 10.2. The van der Waals surface area contributed by atoms with Gasteiger partial charge in [0, 0.05) is 10.6 Å². The minimum absolute atomic E-state index is 0.0705. The first-order valence-corrected chi connectivity index (χ1v) is 9.96. The molecule has 1 unspecified atom stereocenters. The highest BCUT2D eigenvalue weighted by Crippen LogP contribution is 2.41. The first-order chi connectivity index (χ1) is 14.4. The fourth-order valence-corrected chi connectivity index (χ4v) is 4.50. The molecule has 0 saturated heterocycles. The van der Waals surface area contributed by atoms with Crippen molar-refractivity contribution in [2.45, 2.75) is 31.2 Å². The number of carbonyl (C=O) groups excluding carboxylic acids is 2. The number of amides is 2. The van der Waals surface area contributed by atoms with Crippen LogP contribution in [0, 0.1) is 5.82 Å². The lowest BCUT2D eigenvalue weighted by Gasteiger charge is -2.39. The Morgan fingerprint density at radius 3 is 2.80 bits per heavy atom. The van der Waals surface area contributed by atoms with Crippen molar-refractivity contribution in [1.29, 1.82) is 0 Å². The maximum absolute atomic E-state index is 14.3. The second-order valence-corrected chi connectivity index (χ2v) is 7.84. The van der Waals surface area contributed by atoms with Crippen molar-refractivity contribution in [1.82, 2.24) is 15.5 Å². The van der Waals surface area contributed by atoms with Gasteiger partial charge in [-0.15, -0.1) is 0 Å². The number of nitrogens with one attached hydrogen (secondary N) is 2. The first kappa shape index (κ1) is 20.1. The largest absolute Gasteiger partial charge is 0.370 e. The van der Waals surface area contributed by atoms with Gasteiger partial charge in [0.2, 0.25) is 5.91 Å². The molecule has 2 aromatic carbocycles. The van der Waals surface area contributed by atoms with Gasteiger partial charge in [0.1, 0.15) is 5.82 Å². The average Bonchev–Trinajstić information content (AvgIpc) is 3.18. The molecule has 0 radical (unpaired) electrons. The van der Waals surface area contributed by atoms with Gasteiger partial charge in [0.25, 0.3) is 5.91 Å². The van der Waals surface area contributed by atoms with Crippen LogP contribution in [-0.4, -0.2) is 22.0 Å². The third-order valence-electron chi connectivity index (χ3n) is 5.52. The summed E-state index contributed by atoms with van der Waals surface area (Å²) in [6.07, 6.45) is 3.28. The lowest BCUT2D eigenvalue weighted by atomic mass is 9.74. The third kappa shape index (κ3) is 3.57. The molecular formula is C22H20ClFN4O2. The standard InChI is InChI=1S/C22H20ClFN4O2/c23-17-8-3-7-16-13(17)6-4-10-22(16,11-19(25)29)27-21(30)15-12-26-28-20(15)14-5-1-2-9-18(14)24/h1-3,5,7-9,12H,4,6,10-11H2,(H2,25,29)(H,26,28)(H,27,30). The van der Waals surface area contributed by atoms with Crippen LogP contribution in [0.15, 0.2) is 48.7 Å². The van der Waals surface area contributed by atoms with Crippen LogP contribution in [0.2, 0.25) is 5.02 Å². The van der Waals surface area contributed by atoms with E-state index in [4.69, 9.17) is 17.3 Å². The number of nitrogens with zero attached hydrogens (tertiary/aromatic N) is 1. The summed E-state index contributed by atoms with van der Waals surface area (Å²) in [5.41, 5.74) is 6.91. The zero-order valence-electron chi connectivity index (χ0n) is 16.0. The van der Waals surface area contributed by atoms with Crippen molar-refractivity contribution in [2.75, 3.05) is 0 Å². The number of primary amides is 1. The number of fused-ring (bicyclic) bond motifs is 1. The minimum atomic E-state index is -0.995. The molecule has 1 aromatic heterocycles. The molecule has 1 atom stereocenters. The molecular weight excluding hydrogens is 407 g/mol. The van der Waals surface area contributed by atoms with Crippen molar-refractivity contribution in [3.63, 3.8) is 0 Å². The number of hydrogen-bond donors (Lipinski definition) is 3. The molecule has 0 bridgehead atoms. The highest BCUT2D eigenvalue weighted by molar-refractivity contribution is 6.31. The molecule has 154 valence electrons. The van der Waals surface area contributed by atoms with E-state index in [9.17, 15) is 14.0 Å². The molecule has 8 heteroatoms. The third-order valence-corrected chi connectivity index (χ3v) is 5.87. The number of carbonyl (C=O) groups is 2. The Balaban J connectivity index is 1.75. The smallest absolute Gasteiger partial charge is 0.255 e. The predicted octanol–water partition coefficient (Wildman–Crippen LogP) is 3.71. The number of halogens is 2. The van der Waals surface area contributed by atoms with E-state index in [1.54, 1.807) is 30.3 Å². The van der Waals surface area contributed by atoms with Gasteiger partial charge in [-0.3, -0.25) is 14.7 Å². The Hall–Kier alpha value is -3.19. The average molecular weight is 427 g/mol. The second-order valence-electron chi connectivity index (χ2n) is 7.44. The number of rotatable bonds is 5. The topological polar surface area (TPSA) is 101 Å². The van der Waals surface area contributed by atoms with Gasteiger partial charge >= 0.3 is 0 Å². The van der Waals surface area contributed by atoms with E-state index in [2.05, 4.69) is 15.5 Å². The normalized spacial score (nSPS) is 17.9. The second kappa shape index (κ2) is 7.91. The van der Waals surface area contributed by atoms with E-state index in [0.29, 0.717) is 11.4 Å². The van der Waals surface area contributed by atoms with Gasteiger partial charge in [0.05, 0.1) is 29.4 Å². The van der Waals surface area contributed by atoms with Gasteiger partial charge in [-0.1, -0.05) is 35.9 Å². The summed E-state index contributed by atoms with van der Waals surface area (Å²) < 4.78 is 14.3. The molecule has 30 heavy (non-hydrogen) atoms. The van der Waals surface area contributed by atoms with Gasteiger partial charge in [-0.2, -0.15) is 5.10 Å². The van der Waals surface area contributed by atoms with E-state index in [1.165, 1.54) is 12.3 Å². The van der Waals surface area contributed by atoms with Crippen LogP contribution in [0.3, 0.4) is 0 Å². The molecule has 4 N–H and O–H groups in total. The van der Waals surface area contributed by atoms with E-state index in [0.717, 1.165) is 24.0 Å². The molecule has 4 rings (SSSR count). The van der Waals surface area contributed by atoms with Gasteiger partial charge in [0.15, 0.2) is 0 Å². The number of aromatic amines is 1. The summed E-state index contributed by atoms with van der Waals surface area (Å²) in [6.45, 7) is 0. The molecule has 0 fully saturated rings. The Bertz CT molecular complexity index is 1130. The molecule has 1 aliphatic carbocycles. The van der Waals surface area contributed by atoms with E-state index in [-0.39, 0.29) is 23.2 Å². The van der Waals surface area contributed by atoms with Gasteiger partial charge < -0.3 is 11.1 Å². The SMILES string of the molecule is NC(=O)CC1(NC(=O)c2cn[nH]c2-c2ccccc2F)CCCc2c(Cl)cccc21. The minimum Gasteiger partial charge on any atom is -0.370 e. The highest BCUT2D eigenvalue weighted by atomic mass is 35.5. The van der Waals surface area contributed by atoms with Crippen LogP contribution < -0.4 is 11.1 Å². The molecule has 1 aliphatic rings. The molecule has 3 aromatic rings. The summed E-state index contributed by atoms with van der Waals surface area (Å²) in [6, 6.07) is 11.6. The van der Waals surface area contributed by atoms with E-state index >= 15 is 0 Å². The summed E-state index contributed by atoms with van der Waals surface area (Å²) in [5.74, 6) is -1.49.